The third kappa shape index (κ3) is 1.58. The second-order valence-corrected chi connectivity index (χ2v) is 4.12. The molecular formula is C10H20O. The van der Waals surface area contributed by atoms with Crippen LogP contribution in [0.1, 0.15) is 34.6 Å². The Kier molecular flexibility index (Phi) is 2.58. The van der Waals surface area contributed by atoms with E-state index in [9.17, 15) is 0 Å². The molecule has 0 spiro atoms. The minimum absolute atomic E-state index is 0.441. The molecular weight excluding hydrogens is 136 g/mol. The molecule has 1 aliphatic heterocycles. The van der Waals surface area contributed by atoms with Crippen LogP contribution in [0.25, 0.3) is 0 Å². The molecule has 1 heterocycles. The second-order valence-electron chi connectivity index (χ2n) is 4.12. The molecule has 1 nitrogen and oxygen atoms in total. The summed E-state index contributed by atoms with van der Waals surface area (Å²) in [4.78, 5) is 0. The Bertz CT molecular complexity index is 119. The van der Waals surface area contributed by atoms with Crippen LogP contribution in [0.4, 0.5) is 0 Å². The van der Waals surface area contributed by atoms with E-state index in [1.165, 1.54) is 0 Å². The van der Waals surface area contributed by atoms with E-state index < -0.39 is 0 Å². The van der Waals surface area contributed by atoms with Gasteiger partial charge in [-0.3, -0.25) is 0 Å². The number of ether oxygens (including phenoxy) is 1. The van der Waals surface area contributed by atoms with Crippen molar-refractivity contribution in [2.45, 2.75) is 46.8 Å². The molecule has 0 amide bonds. The summed E-state index contributed by atoms with van der Waals surface area (Å²) in [7, 11) is 0. The van der Waals surface area contributed by atoms with Gasteiger partial charge in [0.1, 0.15) is 0 Å². The largest absolute Gasteiger partial charge is 0.375 e. The normalized spacial score (nSPS) is 52.6. The van der Waals surface area contributed by atoms with E-state index in [1.54, 1.807) is 0 Å². The first kappa shape index (κ1) is 9.05. The van der Waals surface area contributed by atoms with Crippen molar-refractivity contribution in [2.75, 3.05) is 0 Å². The van der Waals surface area contributed by atoms with E-state index in [2.05, 4.69) is 34.6 Å². The monoisotopic (exact) mass is 156 g/mol. The summed E-state index contributed by atoms with van der Waals surface area (Å²) in [6.07, 6.45) is 0.882. The SMILES string of the molecule is CC1O[C@@H](C)C(C)C(C)C1C. The zero-order valence-corrected chi connectivity index (χ0v) is 8.29. The van der Waals surface area contributed by atoms with Gasteiger partial charge in [-0.15, -0.1) is 0 Å². The van der Waals surface area contributed by atoms with E-state index in [1.807, 2.05) is 0 Å². The number of hydrogen-bond donors (Lipinski definition) is 0. The Balaban J connectivity index is 2.63. The molecule has 0 aromatic rings. The molecule has 0 aromatic heterocycles. The highest BCUT2D eigenvalue weighted by Gasteiger charge is 2.34. The highest BCUT2D eigenvalue weighted by atomic mass is 16.5. The number of hydrogen-bond acceptors (Lipinski definition) is 1. The standard InChI is InChI=1S/C10H20O/c1-6-7(2)9(4)11-10(5)8(6)3/h6-10H,1-5H3/t6?,7?,8?,9-,10?/m0/s1. The third-order valence-corrected chi connectivity index (χ3v) is 3.57. The Hall–Kier alpha value is -0.0400. The second kappa shape index (κ2) is 3.14. The van der Waals surface area contributed by atoms with Crippen LogP contribution in [-0.2, 0) is 4.74 Å². The van der Waals surface area contributed by atoms with E-state index in [-0.39, 0.29) is 0 Å². The van der Waals surface area contributed by atoms with Gasteiger partial charge in [0.25, 0.3) is 0 Å². The molecule has 0 saturated carbocycles. The van der Waals surface area contributed by atoms with Gasteiger partial charge in [-0.1, -0.05) is 20.8 Å². The van der Waals surface area contributed by atoms with Crippen molar-refractivity contribution >= 4 is 0 Å². The lowest BCUT2D eigenvalue weighted by atomic mass is 9.77. The molecule has 0 aliphatic carbocycles. The lowest BCUT2D eigenvalue weighted by molar-refractivity contribution is -0.116. The van der Waals surface area contributed by atoms with Crippen molar-refractivity contribution < 1.29 is 4.74 Å². The fourth-order valence-electron chi connectivity index (χ4n) is 1.92. The molecule has 0 aromatic carbocycles. The predicted octanol–water partition coefficient (Wildman–Crippen LogP) is 2.70. The van der Waals surface area contributed by atoms with Gasteiger partial charge in [0, 0.05) is 0 Å². The Morgan fingerprint density at radius 1 is 0.636 bits per heavy atom. The van der Waals surface area contributed by atoms with Gasteiger partial charge >= 0.3 is 0 Å². The fraction of sp³-hybridized carbons (Fsp3) is 1.00. The first-order valence-electron chi connectivity index (χ1n) is 4.69. The Labute approximate surface area is 70.1 Å². The van der Waals surface area contributed by atoms with Crippen molar-refractivity contribution in [3.05, 3.63) is 0 Å². The lowest BCUT2D eigenvalue weighted by Gasteiger charge is -2.41. The van der Waals surface area contributed by atoms with Crippen LogP contribution in [0.2, 0.25) is 0 Å². The number of rotatable bonds is 0. The molecule has 11 heavy (non-hydrogen) atoms. The quantitative estimate of drug-likeness (QED) is 0.524. The first-order chi connectivity index (χ1) is 5.04. The highest BCUT2D eigenvalue weighted by molar-refractivity contribution is 4.81. The Morgan fingerprint density at radius 3 is 1.36 bits per heavy atom. The van der Waals surface area contributed by atoms with Gasteiger partial charge in [0.2, 0.25) is 0 Å². The van der Waals surface area contributed by atoms with Crippen LogP contribution < -0.4 is 0 Å². The van der Waals surface area contributed by atoms with Crippen LogP contribution in [-0.4, -0.2) is 12.2 Å². The molecule has 4 unspecified atom stereocenters. The summed E-state index contributed by atoms with van der Waals surface area (Å²) in [6.45, 7) is 11.3. The van der Waals surface area contributed by atoms with Gasteiger partial charge in [0.15, 0.2) is 0 Å². The average Bonchev–Trinajstić information content (AvgIpc) is 1.97. The van der Waals surface area contributed by atoms with Gasteiger partial charge < -0.3 is 4.74 Å². The first-order valence-corrected chi connectivity index (χ1v) is 4.69. The molecule has 5 atom stereocenters. The molecule has 1 heteroatoms. The van der Waals surface area contributed by atoms with Gasteiger partial charge in [-0.05, 0) is 31.6 Å². The Morgan fingerprint density at radius 2 is 1.00 bits per heavy atom. The smallest absolute Gasteiger partial charge is 0.0578 e. The van der Waals surface area contributed by atoms with Gasteiger partial charge in [-0.25, -0.2) is 0 Å². The van der Waals surface area contributed by atoms with Crippen molar-refractivity contribution in [3.8, 4) is 0 Å². The maximum Gasteiger partial charge on any atom is 0.0578 e. The third-order valence-electron chi connectivity index (χ3n) is 3.57. The summed E-state index contributed by atoms with van der Waals surface area (Å²) < 4.78 is 5.78. The minimum atomic E-state index is 0.441. The van der Waals surface area contributed by atoms with Gasteiger partial charge in [-0.2, -0.15) is 0 Å². The van der Waals surface area contributed by atoms with Crippen LogP contribution in [0.5, 0.6) is 0 Å². The summed E-state index contributed by atoms with van der Waals surface area (Å²) in [5.41, 5.74) is 0. The summed E-state index contributed by atoms with van der Waals surface area (Å²) >= 11 is 0. The van der Waals surface area contributed by atoms with E-state index >= 15 is 0 Å². The van der Waals surface area contributed by atoms with Gasteiger partial charge in [0.05, 0.1) is 12.2 Å². The lowest BCUT2D eigenvalue weighted by Crippen LogP contribution is -2.41. The minimum Gasteiger partial charge on any atom is -0.375 e. The van der Waals surface area contributed by atoms with Crippen LogP contribution >= 0.6 is 0 Å². The maximum absolute atomic E-state index is 5.78. The summed E-state index contributed by atoms with van der Waals surface area (Å²) in [6, 6.07) is 0. The molecule has 1 saturated heterocycles. The molecule has 1 rings (SSSR count). The van der Waals surface area contributed by atoms with E-state index in [4.69, 9.17) is 4.74 Å². The topological polar surface area (TPSA) is 9.23 Å². The summed E-state index contributed by atoms with van der Waals surface area (Å²) in [5, 5.41) is 0. The zero-order chi connectivity index (χ0) is 8.59. The zero-order valence-electron chi connectivity index (χ0n) is 8.29. The molecule has 0 bridgehead atoms. The molecule has 1 fully saturated rings. The maximum atomic E-state index is 5.78. The van der Waals surface area contributed by atoms with Crippen molar-refractivity contribution in [1.29, 1.82) is 0 Å². The van der Waals surface area contributed by atoms with Crippen LogP contribution in [0.15, 0.2) is 0 Å². The van der Waals surface area contributed by atoms with Crippen molar-refractivity contribution in [3.63, 3.8) is 0 Å². The van der Waals surface area contributed by atoms with E-state index in [0.29, 0.717) is 24.0 Å². The van der Waals surface area contributed by atoms with Crippen LogP contribution in [0.3, 0.4) is 0 Å². The van der Waals surface area contributed by atoms with Crippen molar-refractivity contribution in [1.82, 2.24) is 0 Å². The highest BCUT2D eigenvalue weighted by Crippen LogP contribution is 2.34. The molecule has 0 N–H and O–H groups in total. The molecule has 66 valence electrons. The summed E-state index contributed by atoms with van der Waals surface area (Å²) in [5.74, 6) is 2.22. The average molecular weight is 156 g/mol. The molecule has 0 radical (unpaired) electrons. The van der Waals surface area contributed by atoms with Crippen molar-refractivity contribution in [2.24, 2.45) is 17.8 Å². The van der Waals surface area contributed by atoms with Crippen LogP contribution in [0, 0.1) is 17.8 Å². The van der Waals surface area contributed by atoms with E-state index in [0.717, 1.165) is 5.92 Å². The fourth-order valence-corrected chi connectivity index (χ4v) is 1.92. The molecule has 1 aliphatic rings. The predicted molar refractivity (Wildman–Crippen MR) is 47.5 cm³/mol.